The lowest BCUT2D eigenvalue weighted by atomic mass is 9.33. The van der Waals surface area contributed by atoms with E-state index in [9.17, 15) is 0 Å². The number of anilines is 8. The Hall–Kier alpha value is -5.78. The summed E-state index contributed by atoms with van der Waals surface area (Å²) < 4.78 is 2.66. The molecule has 7 aromatic carbocycles. The van der Waals surface area contributed by atoms with Gasteiger partial charge in [0, 0.05) is 65.4 Å². The van der Waals surface area contributed by atoms with Gasteiger partial charge < -0.3 is 14.7 Å². The number of thiophene rings is 1. The number of nitrogens with zero attached hydrogens (tertiary/aromatic N) is 3. The third kappa shape index (κ3) is 6.59. The van der Waals surface area contributed by atoms with Crippen molar-refractivity contribution in [2.75, 3.05) is 14.7 Å². The van der Waals surface area contributed by atoms with Crippen molar-refractivity contribution in [2.24, 2.45) is 0 Å². The van der Waals surface area contributed by atoms with E-state index in [1.807, 2.05) is 11.3 Å². The Balaban J connectivity index is 1.09. The van der Waals surface area contributed by atoms with Crippen LogP contribution in [0.15, 0.2) is 121 Å². The van der Waals surface area contributed by atoms with Gasteiger partial charge in [-0.15, -0.1) is 11.3 Å². The number of fused-ring (bicyclic) bond motifs is 12. The smallest absolute Gasteiger partial charge is 0.252 e. The predicted octanol–water partition coefficient (Wildman–Crippen LogP) is 18.2. The minimum absolute atomic E-state index is 0.0163. The fourth-order valence-corrected chi connectivity index (χ4v) is 17.2. The van der Waals surface area contributed by atoms with Gasteiger partial charge >= 0.3 is 0 Å². The molecule has 1 saturated carbocycles. The molecular formula is C71H78BN3S. The van der Waals surface area contributed by atoms with Crippen molar-refractivity contribution in [3.8, 4) is 0 Å². The molecule has 3 aliphatic heterocycles. The van der Waals surface area contributed by atoms with Crippen molar-refractivity contribution in [1.29, 1.82) is 0 Å². The second kappa shape index (κ2) is 15.7. The fraction of sp³-hybridized carbons (Fsp3) is 0.408. The molecule has 8 aromatic rings. The maximum atomic E-state index is 2.91. The highest BCUT2D eigenvalue weighted by molar-refractivity contribution is 7.26. The highest BCUT2D eigenvalue weighted by Gasteiger charge is 2.61. The first-order chi connectivity index (χ1) is 35.9. The Morgan fingerprint density at radius 1 is 0.500 bits per heavy atom. The molecule has 0 amide bonds. The van der Waals surface area contributed by atoms with Gasteiger partial charge in [0.25, 0.3) is 6.71 Å². The molecule has 3 aliphatic carbocycles. The summed E-state index contributed by atoms with van der Waals surface area (Å²) in [5.41, 5.74) is 25.3. The summed E-state index contributed by atoms with van der Waals surface area (Å²) in [6, 6.07) is 49.4. The van der Waals surface area contributed by atoms with Gasteiger partial charge in [0.05, 0.1) is 11.2 Å². The first-order valence-electron chi connectivity index (χ1n) is 29.0. The van der Waals surface area contributed by atoms with Crippen LogP contribution in [0.1, 0.15) is 180 Å². The van der Waals surface area contributed by atoms with E-state index in [1.54, 1.807) is 5.56 Å². The highest BCUT2D eigenvalue weighted by atomic mass is 32.1. The Labute approximate surface area is 458 Å². The molecule has 0 N–H and O–H groups in total. The summed E-state index contributed by atoms with van der Waals surface area (Å²) in [6.45, 7) is 34.7. The highest BCUT2D eigenvalue weighted by Crippen LogP contribution is 2.63. The van der Waals surface area contributed by atoms with Crippen LogP contribution in [0, 0.1) is 6.92 Å². The molecule has 6 aliphatic rings. The normalized spacial score (nSPS) is 22.9. The first kappa shape index (κ1) is 48.6. The average Bonchev–Trinajstić information content (AvgIpc) is 4.06. The third-order valence-corrected chi connectivity index (χ3v) is 22.2. The molecule has 2 atom stereocenters. The van der Waals surface area contributed by atoms with E-state index in [1.165, 1.54) is 167 Å². The molecule has 0 bridgehead atoms. The van der Waals surface area contributed by atoms with Crippen molar-refractivity contribution in [3.63, 3.8) is 0 Å². The van der Waals surface area contributed by atoms with E-state index in [0.717, 1.165) is 0 Å². The molecule has 0 spiro atoms. The van der Waals surface area contributed by atoms with E-state index < -0.39 is 0 Å². The van der Waals surface area contributed by atoms with Crippen LogP contribution in [-0.2, 0) is 32.5 Å². The Morgan fingerprint density at radius 2 is 1.08 bits per heavy atom. The molecule has 0 saturated heterocycles. The Kier molecular flexibility index (Phi) is 10.0. The van der Waals surface area contributed by atoms with Crippen LogP contribution >= 0.6 is 11.3 Å². The quantitative estimate of drug-likeness (QED) is 0.163. The van der Waals surface area contributed by atoms with Crippen LogP contribution in [-0.4, -0.2) is 12.3 Å². The molecule has 3 nitrogen and oxygen atoms in total. The monoisotopic (exact) mass is 1020 g/mol. The zero-order valence-corrected chi connectivity index (χ0v) is 48.8. The van der Waals surface area contributed by atoms with E-state index in [0.29, 0.717) is 0 Å². The molecular weight excluding hydrogens is 938 g/mol. The molecule has 1 unspecified atom stereocenters. The van der Waals surface area contributed by atoms with Gasteiger partial charge in [0.1, 0.15) is 0 Å². The van der Waals surface area contributed by atoms with Crippen LogP contribution in [0.2, 0.25) is 0 Å². The predicted molar refractivity (Wildman–Crippen MR) is 330 cm³/mol. The lowest BCUT2D eigenvalue weighted by molar-refractivity contribution is 0.195. The topological polar surface area (TPSA) is 9.72 Å². The van der Waals surface area contributed by atoms with Crippen LogP contribution in [0.4, 0.5) is 45.5 Å². The minimum Gasteiger partial charge on any atom is -0.335 e. The van der Waals surface area contributed by atoms with E-state index in [-0.39, 0.29) is 44.7 Å². The van der Waals surface area contributed by atoms with Crippen molar-refractivity contribution in [3.05, 3.63) is 160 Å². The molecule has 5 heteroatoms. The number of rotatable bonds is 4. The van der Waals surface area contributed by atoms with Gasteiger partial charge in [-0.05, 0) is 202 Å². The van der Waals surface area contributed by atoms with Crippen molar-refractivity contribution < 1.29 is 0 Å². The van der Waals surface area contributed by atoms with Crippen LogP contribution in [0.3, 0.4) is 0 Å². The number of hydrogen-bond donors (Lipinski definition) is 0. The average molecular weight is 1020 g/mol. The van der Waals surface area contributed by atoms with Gasteiger partial charge in [-0.25, -0.2) is 0 Å². The zero-order valence-electron chi connectivity index (χ0n) is 48.0. The molecule has 14 rings (SSSR count). The van der Waals surface area contributed by atoms with Gasteiger partial charge in [0.2, 0.25) is 0 Å². The van der Waals surface area contributed by atoms with Crippen LogP contribution in [0.25, 0.3) is 20.2 Å². The number of benzene rings is 7. The maximum Gasteiger partial charge on any atom is 0.252 e. The lowest BCUT2D eigenvalue weighted by Crippen LogP contribution is -2.64. The van der Waals surface area contributed by atoms with Crippen LogP contribution < -0.4 is 31.1 Å². The summed E-state index contributed by atoms with van der Waals surface area (Å²) in [5, 5.41) is 2.67. The van der Waals surface area contributed by atoms with E-state index >= 15 is 0 Å². The van der Waals surface area contributed by atoms with E-state index in [4.69, 9.17) is 0 Å². The van der Waals surface area contributed by atoms with Crippen LogP contribution in [0.5, 0.6) is 0 Å². The number of aryl methyl sites for hydroxylation is 1. The summed E-state index contributed by atoms with van der Waals surface area (Å²) in [4.78, 5) is 8.28. The first-order valence-corrected chi connectivity index (χ1v) is 29.8. The molecule has 76 heavy (non-hydrogen) atoms. The third-order valence-electron chi connectivity index (χ3n) is 21.1. The summed E-state index contributed by atoms with van der Waals surface area (Å²) in [6.07, 6.45) is 9.67. The largest absolute Gasteiger partial charge is 0.335 e. The second-order valence-corrected chi connectivity index (χ2v) is 29.8. The van der Waals surface area contributed by atoms with Gasteiger partial charge in [0.15, 0.2) is 0 Å². The summed E-state index contributed by atoms with van der Waals surface area (Å²) in [7, 11) is 0. The minimum atomic E-state index is -0.0538. The lowest BCUT2D eigenvalue weighted by Gasteiger charge is -2.53. The van der Waals surface area contributed by atoms with Gasteiger partial charge in [-0.3, -0.25) is 0 Å². The van der Waals surface area contributed by atoms with Crippen molar-refractivity contribution in [1.82, 2.24) is 0 Å². The van der Waals surface area contributed by atoms with Crippen molar-refractivity contribution in [2.45, 2.75) is 186 Å². The van der Waals surface area contributed by atoms with Crippen molar-refractivity contribution >= 4 is 100 Å². The molecule has 4 heterocycles. The summed E-state index contributed by atoms with van der Waals surface area (Å²) >= 11 is 1.92. The van der Waals surface area contributed by atoms with Gasteiger partial charge in [-0.1, -0.05) is 151 Å². The molecule has 0 radical (unpaired) electrons. The maximum absolute atomic E-state index is 2.91. The second-order valence-electron chi connectivity index (χ2n) is 28.7. The Morgan fingerprint density at radius 3 is 1.74 bits per heavy atom. The number of hydrogen-bond acceptors (Lipinski definition) is 4. The molecule has 386 valence electrons. The van der Waals surface area contributed by atoms with E-state index in [2.05, 4.69) is 233 Å². The molecule has 1 aromatic heterocycles. The molecule has 1 fully saturated rings. The fourth-order valence-electron chi connectivity index (χ4n) is 16.1. The van der Waals surface area contributed by atoms with Gasteiger partial charge in [-0.2, -0.15) is 0 Å². The SMILES string of the molecule is Cc1cc2c3c(c1)N1c4c(cc(C(C)(C)C)cc4C4(C)CCCC[C@]14C)B3c1ccc(N(c3ccc4c(c3)C(C)(C)CCC4(C)C)c3ccc4c(c3)C(C)(C)CCC4(C)C)cc1N2c1cccc2sc3ccccc3c12. The zero-order chi connectivity index (χ0) is 53.0. The summed E-state index contributed by atoms with van der Waals surface area (Å²) in [5.74, 6) is 0. The standard InChI is InChI=1S/C71H78BN3S/c1-43-36-58-63-59(37-43)75-64-53(70(13)30-17-18-31-71(70,75)14)38-44(65(2,3)4)39-55(64)72(63)54-29-26-47(42-57(54)74(58)56-21-19-23-61-62(56)48-20-15-16-22-60(48)76-61)73(45-24-27-49-51(40-45)68(9,10)34-32-66(49,5)6)46-25-28-50-52(41-46)69(11,12)35-33-67(50,7)8/h15-16,19-29,36-42H,17-18,30-35H2,1-14H3/t70?,71-/m0/s1. The Bertz CT molecular complexity index is 3720.